The molecule has 0 aliphatic carbocycles. The van der Waals surface area contributed by atoms with Gasteiger partial charge in [-0.05, 0) is 17.7 Å². The number of hydrogen-bond donors (Lipinski definition) is 2. The Bertz CT molecular complexity index is 384. The Morgan fingerprint density at radius 1 is 1.60 bits per heavy atom. The molecule has 0 fully saturated rings. The first-order valence-corrected chi connectivity index (χ1v) is 4.74. The van der Waals surface area contributed by atoms with Crippen LogP contribution in [0, 0.1) is 5.82 Å². The van der Waals surface area contributed by atoms with Crippen LogP contribution in [-0.2, 0) is 4.79 Å². The molecule has 0 aliphatic rings. The highest BCUT2D eigenvalue weighted by Crippen LogP contribution is 2.23. The maximum absolute atomic E-state index is 13.1. The van der Waals surface area contributed by atoms with Crippen molar-refractivity contribution in [2.75, 3.05) is 0 Å². The van der Waals surface area contributed by atoms with Gasteiger partial charge in [-0.3, -0.25) is 4.79 Å². The highest BCUT2D eigenvalue weighted by atomic mass is 35.5. The molecule has 0 aliphatic heterocycles. The molecule has 0 saturated heterocycles. The highest BCUT2D eigenvalue weighted by Gasteiger charge is 2.22. The number of rotatable bonds is 3. The Morgan fingerprint density at radius 2 is 2.20 bits per heavy atom. The van der Waals surface area contributed by atoms with Crippen LogP contribution in [0.15, 0.2) is 18.2 Å². The summed E-state index contributed by atoms with van der Waals surface area (Å²) in [5, 5.41) is 8.70. The van der Waals surface area contributed by atoms with Crippen LogP contribution in [0.2, 0.25) is 5.02 Å². The molecule has 0 spiro atoms. The van der Waals surface area contributed by atoms with Gasteiger partial charge in [0, 0.05) is 5.92 Å². The van der Waals surface area contributed by atoms with Gasteiger partial charge in [0.2, 0.25) is 0 Å². The normalized spacial score (nSPS) is 14.7. The fraction of sp³-hybridized carbons (Fsp3) is 0.300. The van der Waals surface area contributed by atoms with Crippen molar-refractivity contribution in [2.45, 2.75) is 18.9 Å². The van der Waals surface area contributed by atoms with E-state index in [2.05, 4.69) is 0 Å². The monoisotopic (exact) mass is 231 g/mol. The van der Waals surface area contributed by atoms with Crippen LogP contribution in [0.3, 0.4) is 0 Å². The van der Waals surface area contributed by atoms with Crippen molar-refractivity contribution in [2.24, 2.45) is 5.73 Å². The molecule has 0 radical (unpaired) electrons. The minimum atomic E-state index is -1.11. The molecule has 82 valence electrons. The molecule has 1 rings (SSSR count). The van der Waals surface area contributed by atoms with Crippen molar-refractivity contribution in [1.82, 2.24) is 0 Å². The second-order valence-corrected chi connectivity index (χ2v) is 3.73. The summed E-state index contributed by atoms with van der Waals surface area (Å²) in [6.07, 6.45) is 0. The number of halogens is 2. The first kappa shape index (κ1) is 11.9. The van der Waals surface area contributed by atoms with Crippen molar-refractivity contribution >= 4 is 17.6 Å². The van der Waals surface area contributed by atoms with Crippen molar-refractivity contribution in [3.05, 3.63) is 34.6 Å². The van der Waals surface area contributed by atoms with Crippen molar-refractivity contribution in [1.29, 1.82) is 0 Å². The third-order valence-corrected chi connectivity index (χ3v) is 2.60. The van der Waals surface area contributed by atoms with E-state index in [0.717, 1.165) is 0 Å². The quantitative estimate of drug-likeness (QED) is 0.836. The molecular weight excluding hydrogens is 221 g/mol. The number of hydrogen-bond acceptors (Lipinski definition) is 2. The molecule has 3 N–H and O–H groups in total. The van der Waals surface area contributed by atoms with E-state index in [-0.39, 0.29) is 5.02 Å². The van der Waals surface area contributed by atoms with Gasteiger partial charge < -0.3 is 10.8 Å². The van der Waals surface area contributed by atoms with Crippen LogP contribution in [0.25, 0.3) is 0 Å². The molecule has 0 bridgehead atoms. The van der Waals surface area contributed by atoms with Gasteiger partial charge in [-0.1, -0.05) is 24.6 Å². The van der Waals surface area contributed by atoms with Crippen molar-refractivity contribution in [3.63, 3.8) is 0 Å². The van der Waals surface area contributed by atoms with Crippen LogP contribution >= 0.6 is 11.6 Å². The molecule has 0 amide bonds. The lowest BCUT2D eigenvalue weighted by molar-refractivity contribution is -0.139. The van der Waals surface area contributed by atoms with E-state index in [9.17, 15) is 9.18 Å². The summed E-state index contributed by atoms with van der Waals surface area (Å²) in [6, 6.07) is 3.11. The Kier molecular flexibility index (Phi) is 3.66. The summed E-state index contributed by atoms with van der Waals surface area (Å²) in [5.41, 5.74) is 5.95. The predicted molar refractivity (Wildman–Crippen MR) is 55.4 cm³/mol. The molecule has 15 heavy (non-hydrogen) atoms. The van der Waals surface area contributed by atoms with E-state index >= 15 is 0 Å². The number of carboxylic acid groups (broad SMARTS) is 1. The SMILES string of the molecule is CC(c1ccc(Cl)c(F)c1)C(N)C(=O)O. The van der Waals surface area contributed by atoms with Gasteiger partial charge in [0.25, 0.3) is 0 Å². The van der Waals surface area contributed by atoms with Gasteiger partial charge in [0.15, 0.2) is 0 Å². The largest absolute Gasteiger partial charge is 0.480 e. The van der Waals surface area contributed by atoms with Crippen LogP contribution < -0.4 is 5.73 Å². The Hall–Kier alpha value is -1.13. The van der Waals surface area contributed by atoms with Crippen molar-refractivity contribution in [3.8, 4) is 0 Å². The topological polar surface area (TPSA) is 63.3 Å². The molecule has 3 nitrogen and oxygen atoms in total. The summed E-state index contributed by atoms with van der Waals surface area (Å²) in [7, 11) is 0. The van der Waals surface area contributed by atoms with Gasteiger partial charge in [-0.2, -0.15) is 0 Å². The predicted octanol–water partition coefficient (Wildman–Crippen LogP) is 1.99. The van der Waals surface area contributed by atoms with Gasteiger partial charge in [0.1, 0.15) is 11.9 Å². The van der Waals surface area contributed by atoms with Gasteiger partial charge >= 0.3 is 5.97 Å². The molecule has 2 unspecified atom stereocenters. The smallest absolute Gasteiger partial charge is 0.321 e. The van der Waals surface area contributed by atoms with E-state index in [0.29, 0.717) is 5.56 Å². The molecule has 0 aromatic heterocycles. The van der Waals surface area contributed by atoms with Crippen LogP contribution in [0.1, 0.15) is 18.4 Å². The molecule has 1 aromatic carbocycles. The molecule has 0 heterocycles. The minimum Gasteiger partial charge on any atom is -0.480 e. The lowest BCUT2D eigenvalue weighted by Crippen LogP contribution is -2.35. The second-order valence-electron chi connectivity index (χ2n) is 3.33. The average Bonchev–Trinajstić information content (AvgIpc) is 2.19. The van der Waals surface area contributed by atoms with E-state index in [1.165, 1.54) is 12.1 Å². The van der Waals surface area contributed by atoms with E-state index in [4.69, 9.17) is 22.4 Å². The fourth-order valence-electron chi connectivity index (χ4n) is 1.22. The lowest BCUT2D eigenvalue weighted by atomic mass is 9.94. The van der Waals surface area contributed by atoms with E-state index < -0.39 is 23.7 Å². The summed E-state index contributed by atoms with van der Waals surface area (Å²) in [6.45, 7) is 1.63. The van der Waals surface area contributed by atoms with Crippen LogP contribution in [0.5, 0.6) is 0 Å². The van der Waals surface area contributed by atoms with Crippen molar-refractivity contribution < 1.29 is 14.3 Å². The fourth-order valence-corrected chi connectivity index (χ4v) is 1.33. The third kappa shape index (κ3) is 2.67. The maximum atomic E-state index is 13.1. The van der Waals surface area contributed by atoms with Crippen LogP contribution in [0.4, 0.5) is 4.39 Å². The Morgan fingerprint density at radius 3 is 2.67 bits per heavy atom. The maximum Gasteiger partial charge on any atom is 0.321 e. The van der Waals surface area contributed by atoms with Crippen LogP contribution in [-0.4, -0.2) is 17.1 Å². The Balaban J connectivity index is 2.96. The number of carboxylic acids is 1. The summed E-state index contributed by atoms with van der Waals surface area (Å²) >= 11 is 5.50. The number of aliphatic carboxylic acids is 1. The molecule has 1 aromatic rings. The molecule has 0 saturated carbocycles. The summed E-state index contributed by atoms with van der Waals surface area (Å²) in [5.74, 6) is -2.15. The first-order chi connectivity index (χ1) is 6.93. The average molecular weight is 232 g/mol. The number of carbonyl (C=O) groups is 1. The summed E-state index contributed by atoms with van der Waals surface area (Å²) in [4.78, 5) is 10.6. The molecule has 2 atom stereocenters. The molecule has 5 heteroatoms. The second kappa shape index (κ2) is 4.59. The first-order valence-electron chi connectivity index (χ1n) is 4.37. The zero-order valence-electron chi connectivity index (χ0n) is 8.08. The zero-order chi connectivity index (χ0) is 11.6. The summed E-state index contributed by atoms with van der Waals surface area (Å²) < 4.78 is 13.1. The van der Waals surface area contributed by atoms with Gasteiger partial charge in [-0.25, -0.2) is 4.39 Å². The zero-order valence-corrected chi connectivity index (χ0v) is 8.83. The van der Waals surface area contributed by atoms with Gasteiger partial charge in [0.05, 0.1) is 5.02 Å². The van der Waals surface area contributed by atoms with E-state index in [1.54, 1.807) is 13.0 Å². The standard InChI is InChI=1S/C10H11ClFNO2/c1-5(9(13)10(14)15)6-2-3-7(11)8(12)4-6/h2-5,9H,13H2,1H3,(H,14,15). The minimum absolute atomic E-state index is 0.00912. The highest BCUT2D eigenvalue weighted by molar-refractivity contribution is 6.30. The third-order valence-electron chi connectivity index (χ3n) is 2.29. The number of benzene rings is 1. The number of nitrogens with two attached hydrogens (primary N) is 1. The molecular formula is C10H11ClFNO2. The van der Waals surface area contributed by atoms with E-state index in [1.807, 2.05) is 0 Å². The Labute approximate surface area is 91.7 Å². The van der Waals surface area contributed by atoms with Gasteiger partial charge in [-0.15, -0.1) is 0 Å². The lowest BCUT2D eigenvalue weighted by Gasteiger charge is -2.16.